The smallest absolute Gasteiger partial charge is 0.309 e. The molecule has 0 aromatic heterocycles. The van der Waals surface area contributed by atoms with Gasteiger partial charge < -0.3 is 4.74 Å². The summed E-state index contributed by atoms with van der Waals surface area (Å²) in [4.78, 5) is 12.2. The first kappa shape index (κ1) is 12.9. The van der Waals surface area contributed by atoms with Crippen molar-refractivity contribution >= 4 is 5.97 Å². The molecule has 1 aliphatic carbocycles. The molecule has 1 aliphatic rings. The van der Waals surface area contributed by atoms with Crippen molar-refractivity contribution in [1.82, 2.24) is 0 Å². The number of hydrogen-bond acceptors (Lipinski definition) is 2. The monoisotopic (exact) mass is 266 g/mol. The van der Waals surface area contributed by atoms with Gasteiger partial charge in [-0.2, -0.15) is 0 Å². The van der Waals surface area contributed by atoms with E-state index in [0.29, 0.717) is 12.5 Å². The molecule has 2 aromatic carbocycles. The molecule has 2 nitrogen and oxygen atoms in total. The van der Waals surface area contributed by atoms with E-state index >= 15 is 0 Å². The van der Waals surface area contributed by atoms with Crippen molar-refractivity contribution in [3.63, 3.8) is 0 Å². The molecule has 0 radical (unpaired) electrons. The van der Waals surface area contributed by atoms with Crippen LogP contribution < -0.4 is 0 Å². The quantitative estimate of drug-likeness (QED) is 0.784. The standard InChI is InChI=1S/C18H18O2/c19-18(20-13-14-7-3-1-4-8-14)17-12-11-16(17)15-9-5-2-6-10-15/h1-10,16-17H,11-13H2. The minimum Gasteiger partial charge on any atom is -0.461 e. The summed E-state index contributed by atoms with van der Waals surface area (Å²) >= 11 is 0. The molecule has 0 spiro atoms. The Kier molecular flexibility index (Phi) is 3.82. The summed E-state index contributed by atoms with van der Waals surface area (Å²) in [7, 11) is 0. The second-order valence-corrected chi connectivity index (χ2v) is 5.29. The van der Waals surface area contributed by atoms with E-state index in [9.17, 15) is 4.79 Å². The van der Waals surface area contributed by atoms with Crippen LogP contribution in [-0.2, 0) is 16.1 Å². The summed E-state index contributed by atoms with van der Waals surface area (Å²) in [6, 6.07) is 20.1. The van der Waals surface area contributed by atoms with Crippen molar-refractivity contribution in [2.75, 3.05) is 0 Å². The van der Waals surface area contributed by atoms with E-state index in [0.717, 1.165) is 18.4 Å². The van der Waals surface area contributed by atoms with Crippen molar-refractivity contribution in [3.8, 4) is 0 Å². The van der Waals surface area contributed by atoms with Crippen LogP contribution in [0.1, 0.15) is 29.9 Å². The Balaban J connectivity index is 1.58. The molecule has 0 aliphatic heterocycles. The maximum absolute atomic E-state index is 12.2. The molecular formula is C18H18O2. The molecule has 3 rings (SSSR count). The van der Waals surface area contributed by atoms with Gasteiger partial charge in [0.05, 0.1) is 5.92 Å². The third-order valence-corrected chi connectivity index (χ3v) is 4.03. The van der Waals surface area contributed by atoms with Gasteiger partial charge in [-0.05, 0) is 29.9 Å². The van der Waals surface area contributed by atoms with Crippen LogP contribution in [-0.4, -0.2) is 5.97 Å². The summed E-state index contributed by atoms with van der Waals surface area (Å²) in [5.74, 6) is 0.301. The Bertz CT molecular complexity index is 562. The van der Waals surface area contributed by atoms with Crippen molar-refractivity contribution < 1.29 is 9.53 Å². The lowest BCUT2D eigenvalue weighted by atomic mass is 9.70. The molecule has 1 fully saturated rings. The molecule has 2 unspecified atom stereocenters. The zero-order valence-corrected chi connectivity index (χ0v) is 11.4. The summed E-state index contributed by atoms with van der Waals surface area (Å²) in [5, 5.41) is 0. The highest BCUT2D eigenvalue weighted by molar-refractivity contribution is 5.75. The fraction of sp³-hybridized carbons (Fsp3) is 0.278. The molecule has 2 aromatic rings. The molecule has 0 N–H and O–H groups in total. The van der Waals surface area contributed by atoms with E-state index < -0.39 is 0 Å². The summed E-state index contributed by atoms with van der Waals surface area (Å²) in [6.45, 7) is 0.373. The fourth-order valence-corrected chi connectivity index (χ4v) is 2.72. The molecule has 0 amide bonds. The van der Waals surface area contributed by atoms with Gasteiger partial charge in [0.1, 0.15) is 6.61 Å². The molecule has 2 atom stereocenters. The molecule has 0 saturated heterocycles. The number of carbonyl (C=O) groups excluding carboxylic acids is 1. The number of hydrogen-bond donors (Lipinski definition) is 0. The minimum atomic E-state index is -0.0612. The van der Waals surface area contributed by atoms with E-state index in [-0.39, 0.29) is 11.9 Å². The third kappa shape index (κ3) is 2.74. The van der Waals surface area contributed by atoms with Gasteiger partial charge in [-0.3, -0.25) is 4.79 Å². The average Bonchev–Trinajstić information content (AvgIpc) is 2.46. The third-order valence-electron chi connectivity index (χ3n) is 4.03. The first-order chi connectivity index (χ1) is 9.84. The minimum absolute atomic E-state index is 0.0288. The van der Waals surface area contributed by atoms with Crippen molar-refractivity contribution in [3.05, 3.63) is 71.8 Å². The molecule has 0 heterocycles. The van der Waals surface area contributed by atoms with E-state index in [1.807, 2.05) is 48.5 Å². The molecule has 0 bridgehead atoms. The van der Waals surface area contributed by atoms with Gasteiger partial charge in [0.25, 0.3) is 0 Å². The molecule has 102 valence electrons. The highest BCUT2D eigenvalue weighted by atomic mass is 16.5. The average molecular weight is 266 g/mol. The van der Waals surface area contributed by atoms with E-state index in [1.165, 1.54) is 5.56 Å². The van der Waals surface area contributed by atoms with Gasteiger partial charge in [0.15, 0.2) is 0 Å². The second kappa shape index (κ2) is 5.91. The summed E-state index contributed by atoms with van der Waals surface area (Å²) < 4.78 is 5.44. The highest BCUT2D eigenvalue weighted by Crippen LogP contribution is 2.43. The predicted molar refractivity (Wildman–Crippen MR) is 78.1 cm³/mol. The van der Waals surface area contributed by atoms with Crippen molar-refractivity contribution in [2.24, 2.45) is 5.92 Å². The van der Waals surface area contributed by atoms with Crippen LogP contribution in [0.2, 0.25) is 0 Å². The SMILES string of the molecule is O=C(OCc1ccccc1)C1CCC1c1ccccc1. The van der Waals surface area contributed by atoms with Gasteiger partial charge in [0, 0.05) is 0 Å². The highest BCUT2D eigenvalue weighted by Gasteiger charge is 2.38. The van der Waals surface area contributed by atoms with Gasteiger partial charge >= 0.3 is 5.97 Å². The zero-order chi connectivity index (χ0) is 13.8. The lowest BCUT2D eigenvalue weighted by Crippen LogP contribution is -2.32. The Morgan fingerprint density at radius 1 is 0.950 bits per heavy atom. The lowest BCUT2D eigenvalue weighted by Gasteiger charge is -2.35. The Morgan fingerprint density at radius 3 is 2.20 bits per heavy atom. The van der Waals surface area contributed by atoms with Gasteiger partial charge in [-0.15, -0.1) is 0 Å². The number of carbonyl (C=O) groups is 1. The number of benzene rings is 2. The van der Waals surface area contributed by atoms with Crippen molar-refractivity contribution in [2.45, 2.75) is 25.4 Å². The van der Waals surface area contributed by atoms with Crippen molar-refractivity contribution in [1.29, 1.82) is 0 Å². The van der Waals surface area contributed by atoms with Crippen LogP contribution in [0, 0.1) is 5.92 Å². The Labute approximate surface area is 119 Å². The molecular weight excluding hydrogens is 248 g/mol. The van der Waals surface area contributed by atoms with Crippen LogP contribution in [0.15, 0.2) is 60.7 Å². The number of ether oxygens (including phenoxy) is 1. The van der Waals surface area contributed by atoms with Gasteiger partial charge in [-0.25, -0.2) is 0 Å². The van der Waals surface area contributed by atoms with Crippen LogP contribution in [0.25, 0.3) is 0 Å². The first-order valence-electron chi connectivity index (χ1n) is 7.10. The molecule has 1 saturated carbocycles. The normalized spacial score (nSPS) is 21.0. The molecule has 2 heteroatoms. The van der Waals surface area contributed by atoms with E-state index in [1.54, 1.807) is 0 Å². The zero-order valence-electron chi connectivity index (χ0n) is 11.4. The summed E-state index contributed by atoms with van der Waals surface area (Å²) in [5.41, 5.74) is 2.29. The second-order valence-electron chi connectivity index (χ2n) is 5.29. The van der Waals surface area contributed by atoms with Gasteiger partial charge in [-0.1, -0.05) is 60.7 Å². The Morgan fingerprint density at radius 2 is 1.60 bits per heavy atom. The molecule has 20 heavy (non-hydrogen) atoms. The largest absolute Gasteiger partial charge is 0.461 e. The fourth-order valence-electron chi connectivity index (χ4n) is 2.72. The summed E-state index contributed by atoms with van der Waals surface area (Å²) in [6.07, 6.45) is 2.02. The Hall–Kier alpha value is -2.09. The maximum atomic E-state index is 12.2. The predicted octanol–water partition coefficient (Wildman–Crippen LogP) is 3.92. The van der Waals surface area contributed by atoms with Crippen LogP contribution in [0.3, 0.4) is 0 Å². The first-order valence-corrected chi connectivity index (χ1v) is 7.10. The maximum Gasteiger partial charge on any atom is 0.309 e. The number of esters is 1. The van der Waals surface area contributed by atoms with E-state index in [2.05, 4.69) is 12.1 Å². The lowest BCUT2D eigenvalue weighted by molar-refractivity contribution is -0.154. The van der Waals surface area contributed by atoms with E-state index in [4.69, 9.17) is 4.74 Å². The van der Waals surface area contributed by atoms with Crippen LogP contribution in [0.5, 0.6) is 0 Å². The van der Waals surface area contributed by atoms with Crippen LogP contribution >= 0.6 is 0 Å². The van der Waals surface area contributed by atoms with Crippen LogP contribution in [0.4, 0.5) is 0 Å². The van der Waals surface area contributed by atoms with Gasteiger partial charge in [0.2, 0.25) is 0 Å². The topological polar surface area (TPSA) is 26.3 Å². The number of rotatable bonds is 4.